The quantitative estimate of drug-likeness (QED) is 0.0279. The van der Waals surface area contributed by atoms with Gasteiger partial charge in [-0.05, 0) is 26.2 Å². The summed E-state index contributed by atoms with van der Waals surface area (Å²) in [5.41, 5.74) is 0. The molecule has 0 fully saturated rings. The van der Waals surface area contributed by atoms with Crippen LogP contribution in [0, 0.1) is 0 Å². The molecular formula is C39H79NO20. The van der Waals surface area contributed by atoms with Crippen LogP contribution >= 0.6 is 0 Å². The normalized spacial score (nSPS) is 15.0. The van der Waals surface area contributed by atoms with E-state index in [9.17, 15) is 35.4 Å². The molecule has 8 N–H and O–H groups in total. The van der Waals surface area contributed by atoms with E-state index in [-0.39, 0.29) is 45.2 Å². The van der Waals surface area contributed by atoms with Crippen molar-refractivity contribution < 1.29 is 97.8 Å². The minimum absolute atomic E-state index is 0.116. The van der Waals surface area contributed by atoms with E-state index in [2.05, 4.69) is 0 Å². The maximum atomic E-state index is 10.8. The van der Waals surface area contributed by atoms with Crippen LogP contribution in [0.3, 0.4) is 0 Å². The lowest BCUT2D eigenvalue weighted by Gasteiger charge is -2.32. The molecule has 0 spiro atoms. The van der Waals surface area contributed by atoms with Crippen LogP contribution in [-0.4, -0.2) is 266 Å². The molecule has 0 unspecified atom stereocenters. The van der Waals surface area contributed by atoms with Crippen molar-refractivity contribution in [3.63, 3.8) is 0 Å². The Bertz CT molecular complexity index is 877. The predicted molar refractivity (Wildman–Crippen MR) is 215 cm³/mol. The van der Waals surface area contributed by atoms with Crippen molar-refractivity contribution in [1.82, 2.24) is 4.90 Å². The molecule has 0 aromatic carbocycles. The highest BCUT2D eigenvalue weighted by Crippen LogP contribution is 2.08. The average Bonchev–Trinajstić information content (AvgIpc) is 3.24. The molecule has 360 valence electrons. The first-order chi connectivity index (χ1) is 29.1. The lowest BCUT2D eigenvalue weighted by Crippen LogP contribution is -2.51. The van der Waals surface area contributed by atoms with Crippen molar-refractivity contribution in [1.29, 1.82) is 0 Å². The SMILES string of the molecule is CC(=O)CCOCCOCCOCCOCCOCCCCCOCCOCCOCCOCCOCCOCCN(C[C@H](O)[C@@H](O)[C@H](O)CO)C[C@H](O)[C@@H](O)[C@H](O)CO. The van der Waals surface area contributed by atoms with Crippen molar-refractivity contribution in [2.75, 3.05) is 178 Å². The fraction of sp³-hybridized carbons (Fsp3) is 0.974. The lowest BCUT2D eigenvalue weighted by atomic mass is 10.1. The van der Waals surface area contributed by atoms with Gasteiger partial charge in [0, 0.05) is 39.3 Å². The first-order valence-electron chi connectivity index (χ1n) is 21.0. The molecule has 0 aliphatic heterocycles. The number of hydrogen-bond donors (Lipinski definition) is 8. The molecule has 0 saturated heterocycles. The van der Waals surface area contributed by atoms with Gasteiger partial charge in [-0.2, -0.15) is 0 Å². The fourth-order valence-corrected chi connectivity index (χ4v) is 4.91. The summed E-state index contributed by atoms with van der Waals surface area (Å²) >= 11 is 0. The molecule has 0 bridgehead atoms. The van der Waals surface area contributed by atoms with Crippen LogP contribution in [0.5, 0.6) is 0 Å². The first kappa shape index (κ1) is 58.9. The topological polar surface area (TPSA) is 284 Å². The van der Waals surface area contributed by atoms with Crippen LogP contribution in [-0.2, 0) is 56.9 Å². The fourth-order valence-electron chi connectivity index (χ4n) is 4.91. The van der Waals surface area contributed by atoms with Crippen LogP contribution in [0.1, 0.15) is 32.6 Å². The molecule has 0 rings (SSSR count). The summed E-state index contributed by atoms with van der Waals surface area (Å²) in [6, 6.07) is 0. The summed E-state index contributed by atoms with van der Waals surface area (Å²) in [5.74, 6) is 0.116. The van der Waals surface area contributed by atoms with Gasteiger partial charge in [0.1, 0.15) is 30.2 Å². The number of nitrogens with zero attached hydrogens (tertiary/aromatic N) is 1. The second-order valence-electron chi connectivity index (χ2n) is 13.6. The zero-order valence-corrected chi connectivity index (χ0v) is 35.8. The number of ether oxygens (including phenoxy) is 11. The van der Waals surface area contributed by atoms with Gasteiger partial charge in [0.2, 0.25) is 0 Å². The van der Waals surface area contributed by atoms with Crippen LogP contribution in [0.25, 0.3) is 0 Å². The number of Topliss-reactive ketones (excluding diaryl/α,β-unsaturated/α-hetero) is 1. The summed E-state index contributed by atoms with van der Waals surface area (Å²) in [5, 5.41) is 77.6. The van der Waals surface area contributed by atoms with Crippen LogP contribution in [0.2, 0.25) is 0 Å². The number of hydrogen-bond acceptors (Lipinski definition) is 21. The molecule has 0 saturated carbocycles. The third-order valence-electron chi connectivity index (χ3n) is 8.42. The highest BCUT2D eigenvalue weighted by atomic mass is 16.6. The van der Waals surface area contributed by atoms with Gasteiger partial charge in [0.05, 0.1) is 158 Å². The lowest BCUT2D eigenvalue weighted by molar-refractivity contribution is -0.118. The van der Waals surface area contributed by atoms with E-state index >= 15 is 0 Å². The Hall–Kier alpha value is -1.13. The summed E-state index contributed by atoms with van der Waals surface area (Å²) in [6.45, 7) is 9.53. The number of aliphatic hydroxyl groups excluding tert-OH is 8. The molecule has 21 heteroatoms. The van der Waals surface area contributed by atoms with Gasteiger partial charge in [0.15, 0.2) is 0 Å². The summed E-state index contributed by atoms with van der Waals surface area (Å²) in [6.07, 6.45) is -6.09. The molecule has 0 radical (unpaired) electrons. The number of unbranched alkanes of at least 4 members (excludes halogenated alkanes) is 2. The van der Waals surface area contributed by atoms with Crippen molar-refractivity contribution in [2.45, 2.75) is 69.2 Å². The molecule has 0 heterocycles. The van der Waals surface area contributed by atoms with Gasteiger partial charge < -0.3 is 93.0 Å². The second kappa shape index (κ2) is 44.5. The Kier molecular flexibility index (Phi) is 43.6. The molecule has 0 aromatic rings. The largest absolute Gasteiger partial charge is 0.394 e. The Morgan fingerprint density at radius 3 is 0.933 bits per heavy atom. The Morgan fingerprint density at radius 2 is 0.650 bits per heavy atom. The molecular weight excluding hydrogens is 802 g/mol. The van der Waals surface area contributed by atoms with Crippen molar-refractivity contribution in [3.05, 3.63) is 0 Å². The van der Waals surface area contributed by atoms with Crippen LogP contribution in [0.4, 0.5) is 0 Å². The Labute approximate surface area is 355 Å². The minimum atomic E-state index is -1.66. The van der Waals surface area contributed by atoms with Gasteiger partial charge in [-0.3, -0.25) is 9.69 Å². The molecule has 60 heavy (non-hydrogen) atoms. The Balaban J connectivity index is 3.50. The standard InChI is InChI=1S/C39H79NO20/c1-33(43)5-9-52-13-17-56-21-25-58-23-19-54-15-11-50-7-3-2-4-8-51-12-16-55-20-24-59-27-28-60-26-22-57-18-14-53-10-6-40(29-34(44)38(48)36(46)31-41)30-35(45)39(49)37(47)32-42/h34-39,41-42,44-49H,2-32H2,1H3/t34-,35-,36+,37+,38+,39+/m0/s1. The molecule has 0 aliphatic carbocycles. The molecule has 0 aliphatic rings. The molecule has 0 aromatic heterocycles. The monoisotopic (exact) mass is 882 g/mol. The van der Waals surface area contributed by atoms with Crippen molar-refractivity contribution >= 4 is 5.78 Å². The Morgan fingerprint density at radius 1 is 0.383 bits per heavy atom. The van der Waals surface area contributed by atoms with Crippen LogP contribution < -0.4 is 0 Å². The van der Waals surface area contributed by atoms with Gasteiger partial charge in [-0.25, -0.2) is 0 Å². The van der Waals surface area contributed by atoms with Crippen molar-refractivity contribution in [3.8, 4) is 0 Å². The second-order valence-corrected chi connectivity index (χ2v) is 13.6. The van der Waals surface area contributed by atoms with E-state index in [4.69, 9.17) is 62.3 Å². The zero-order chi connectivity index (χ0) is 44.3. The van der Waals surface area contributed by atoms with E-state index < -0.39 is 49.8 Å². The maximum Gasteiger partial charge on any atom is 0.132 e. The van der Waals surface area contributed by atoms with E-state index in [1.807, 2.05) is 0 Å². The smallest absolute Gasteiger partial charge is 0.132 e. The number of ketones is 1. The predicted octanol–water partition coefficient (Wildman–Crippen LogP) is -3.23. The number of aliphatic hydroxyl groups is 8. The summed E-state index contributed by atoms with van der Waals surface area (Å²) < 4.78 is 60.3. The first-order valence-corrected chi connectivity index (χ1v) is 21.0. The zero-order valence-electron chi connectivity index (χ0n) is 35.8. The third-order valence-corrected chi connectivity index (χ3v) is 8.42. The number of rotatable bonds is 49. The maximum absolute atomic E-state index is 10.8. The highest BCUT2D eigenvalue weighted by Gasteiger charge is 2.30. The number of carbonyl (C=O) groups excluding carboxylic acids is 1. The highest BCUT2D eigenvalue weighted by molar-refractivity contribution is 5.75. The molecule has 6 atom stereocenters. The van der Waals surface area contributed by atoms with Gasteiger partial charge in [-0.1, -0.05) is 0 Å². The molecule has 21 nitrogen and oxygen atoms in total. The van der Waals surface area contributed by atoms with Crippen LogP contribution in [0.15, 0.2) is 0 Å². The van der Waals surface area contributed by atoms with E-state index in [1.54, 1.807) is 6.92 Å². The van der Waals surface area contributed by atoms with Gasteiger partial charge >= 0.3 is 0 Å². The van der Waals surface area contributed by atoms with Gasteiger partial charge in [0.25, 0.3) is 0 Å². The average molecular weight is 882 g/mol. The molecule has 0 amide bonds. The van der Waals surface area contributed by atoms with Crippen molar-refractivity contribution in [2.24, 2.45) is 0 Å². The minimum Gasteiger partial charge on any atom is -0.394 e. The third kappa shape index (κ3) is 38.5. The summed E-state index contributed by atoms with van der Waals surface area (Å²) in [4.78, 5) is 12.2. The van der Waals surface area contributed by atoms with E-state index in [1.165, 1.54) is 4.90 Å². The van der Waals surface area contributed by atoms with E-state index in [0.717, 1.165) is 19.3 Å². The summed E-state index contributed by atoms with van der Waals surface area (Å²) in [7, 11) is 0. The van der Waals surface area contributed by atoms with Gasteiger partial charge in [-0.15, -0.1) is 0 Å². The number of carbonyl (C=O) groups is 1. The van der Waals surface area contributed by atoms with E-state index in [0.29, 0.717) is 132 Å².